The number of hydrogen-bond donors (Lipinski definition) is 3. The highest BCUT2D eigenvalue weighted by atomic mass is 31.2. The van der Waals surface area contributed by atoms with E-state index in [0.29, 0.717) is 5.92 Å². The topological polar surface area (TPSA) is 77.8 Å². The number of rotatable bonds is 5. The highest BCUT2D eigenvalue weighted by Crippen LogP contribution is 2.37. The lowest BCUT2D eigenvalue weighted by Gasteiger charge is -2.20. The Kier molecular flexibility index (Phi) is 5.15. The Bertz CT molecular complexity index is 187. The van der Waals surface area contributed by atoms with Gasteiger partial charge in [-0.1, -0.05) is 20.8 Å². The molecule has 5 heteroatoms. The molecule has 3 N–H and O–H groups in total. The zero-order chi connectivity index (χ0) is 10.6. The highest BCUT2D eigenvalue weighted by Gasteiger charge is 2.24. The largest absolute Gasteiger partial charge is 0.392 e. The fourth-order valence-corrected chi connectivity index (χ4v) is 2.17. The molecule has 0 aliphatic carbocycles. The third kappa shape index (κ3) is 7.20. The van der Waals surface area contributed by atoms with E-state index in [1.54, 1.807) is 6.92 Å². The lowest BCUT2D eigenvalue weighted by atomic mass is 9.95. The van der Waals surface area contributed by atoms with E-state index >= 15 is 0 Å². The molecule has 0 aromatic carbocycles. The maximum Gasteiger partial charge on any atom is 0.328 e. The average molecular weight is 210 g/mol. The van der Waals surface area contributed by atoms with E-state index in [1.807, 2.05) is 13.8 Å². The fraction of sp³-hybridized carbons (Fsp3) is 1.00. The average Bonchev–Trinajstić information content (AvgIpc) is 1.81. The fourth-order valence-electron chi connectivity index (χ4n) is 1.32. The van der Waals surface area contributed by atoms with Gasteiger partial charge in [-0.15, -0.1) is 0 Å². The molecular weight excluding hydrogens is 191 g/mol. The summed E-state index contributed by atoms with van der Waals surface area (Å²) in [5.74, 6) is 0.369. The molecule has 0 aromatic rings. The lowest BCUT2D eigenvalue weighted by molar-refractivity contribution is 0.119. The third-order valence-corrected chi connectivity index (χ3v) is 2.77. The highest BCUT2D eigenvalue weighted by molar-refractivity contribution is 7.51. The molecule has 0 aliphatic heterocycles. The molecule has 0 bridgehead atoms. The molecule has 0 amide bonds. The van der Waals surface area contributed by atoms with Gasteiger partial charge in [0.2, 0.25) is 0 Å². The minimum atomic E-state index is -4.07. The standard InChI is InChI=1S/C8H19O4P/c1-6(2)4-7(3)8(9)5-13(10,11)12/h6-9H,4-5H2,1-3H3,(H2,10,11,12)/t7-,8-/m0/s1. The molecular formula is C8H19O4P. The zero-order valence-electron chi connectivity index (χ0n) is 8.34. The summed E-state index contributed by atoms with van der Waals surface area (Å²) in [5, 5.41) is 9.41. The first-order valence-corrected chi connectivity index (χ1v) is 6.24. The molecule has 4 nitrogen and oxygen atoms in total. The summed E-state index contributed by atoms with van der Waals surface area (Å²) in [6, 6.07) is 0. The van der Waals surface area contributed by atoms with E-state index in [-0.39, 0.29) is 5.92 Å². The van der Waals surface area contributed by atoms with Gasteiger partial charge in [0.05, 0.1) is 12.3 Å². The van der Waals surface area contributed by atoms with E-state index < -0.39 is 19.9 Å². The first kappa shape index (κ1) is 13.1. The minimum absolute atomic E-state index is 0.0624. The van der Waals surface area contributed by atoms with Crippen LogP contribution in [0.1, 0.15) is 27.2 Å². The molecule has 0 aromatic heterocycles. The van der Waals surface area contributed by atoms with Crippen molar-refractivity contribution in [3.63, 3.8) is 0 Å². The Morgan fingerprint density at radius 2 is 1.69 bits per heavy atom. The maximum absolute atomic E-state index is 10.6. The van der Waals surface area contributed by atoms with Crippen LogP contribution in [-0.4, -0.2) is 27.2 Å². The number of hydrogen-bond acceptors (Lipinski definition) is 2. The molecule has 0 fully saturated rings. The maximum atomic E-state index is 10.6. The molecule has 80 valence electrons. The summed E-state index contributed by atoms with van der Waals surface area (Å²) in [7, 11) is -4.07. The molecule has 0 saturated heterocycles. The van der Waals surface area contributed by atoms with Crippen LogP contribution in [0.25, 0.3) is 0 Å². The van der Waals surface area contributed by atoms with E-state index in [2.05, 4.69) is 0 Å². The molecule has 0 unspecified atom stereocenters. The summed E-state index contributed by atoms with van der Waals surface area (Å²) >= 11 is 0. The van der Waals surface area contributed by atoms with Gasteiger partial charge >= 0.3 is 7.60 Å². The van der Waals surface area contributed by atoms with Gasteiger partial charge in [-0.3, -0.25) is 4.57 Å². The van der Waals surface area contributed by atoms with E-state index in [4.69, 9.17) is 9.79 Å². The number of aliphatic hydroxyl groups is 1. The van der Waals surface area contributed by atoms with Crippen molar-refractivity contribution in [3.8, 4) is 0 Å². The molecule has 0 aliphatic rings. The van der Waals surface area contributed by atoms with E-state index in [9.17, 15) is 9.67 Å². The third-order valence-electron chi connectivity index (χ3n) is 1.92. The van der Waals surface area contributed by atoms with Gasteiger partial charge in [-0.2, -0.15) is 0 Å². The Hall–Kier alpha value is 0.110. The zero-order valence-corrected chi connectivity index (χ0v) is 9.24. The molecule has 0 heterocycles. The van der Waals surface area contributed by atoms with Gasteiger partial charge in [-0.25, -0.2) is 0 Å². The normalized spacial score (nSPS) is 17.5. The second kappa shape index (κ2) is 5.11. The molecule has 13 heavy (non-hydrogen) atoms. The van der Waals surface area contributed by atoms with Gasteiger partial charge in [0, 0.05) is 0 Å². The van der Waals surface area contributed by atoms with Gasteiger partial charge < -0.3 is 14.9 Å². The second-order valence-corrected chi connectivity index (χ2v) is 5.72. The van der Waals surface area contributed by atoms with Crippen LogP contribution >= 0.6 is 7.60 Å². The van der Waals surface area contributed by atoms with Crippen molar-refractivity contribution in [2.75, 3.05) is 6.16 Å². The van der Waals surface area contributed by atoms with Crippen molar-refractivity contribution >= 4 is 7.60 Å². The predicted molar refractivity (Wildman–Crippen MR) is 51.5 cm³/mol. The van der Waals surface area contributed by atoms with Crippen LogP contribution < -0.4 is 0 Å². The first-order chi connectivity index (χ1) is 5.72. The van der Waals surface area contributed by atoms with Crippen molar-refractivity contribution in [3.05, 3.63) is 0 Å². The quantitative estimate of drug-likeness (QED) is 0.596. The van der Waals surface area contributed by atoms with Gasteiger partial charge in [0.25, 0.3) is 0 Å². The van der Waals surface area contributed by atoms with Crippen LogP contribution in [0.15, 0.2) is 0 Å². The van der Waals surface area contributed by atoms with E-state index in [1.165, 1.54) is 0 Å². The van der Waals surface area contributed by atoms with Crippen LogP contribution in [-0.2, 0) is 4.57 Å². The summed E-state index contributed by atoms with van der Waals surface area (Å²) in [6.45, 7) is 5.84. The van der Waals surface area contributed by atoms with Gasteiger partial charge in [-0.05, 0) is 18.3 Å². The summed E-state index contributed by atoms with van der Waals surface area (Å²) in [4.78, 5) is 17.2. The van der Waals surface area contributed by atoms with Crippen molar-refractivity contribution in [2.45, 2.75) is 33.3 Å². The molecule has 0 radical (unpaired) electrons. The Morgan fingerprint density at radius 3 is 2.00 bits per heavy atom. The number of aliphatic hydroxyl groups excluding tert-OH is 1. The van der Waals surface area contributed by atoms with Crippen LogP contribution in [0, 0.1) is 11.8 Å². The summed E-state index contributed by atoms with van der Waals surface area (Å²) in [5.41, 5.74) is 0. The van der Waals surface area contributed by atoms with Crippen molar-refractivity contribution in [1.29, 1.82) is 0 Å². The minimum Gasteiger partial charge on any atom is -0.392 e. The predicted octanol–water partition coefficient (Wildman–Crippen LogP) is 1.21. The Balaban J connectivity index is 3.96. The molecule has 0 spiro atoms. The summed E-state index contributed by atoms with van der Waals surface area (Å²) < 4.78 is 10.6. The van der Waals surface area contributed by atoms with Crippen molar-refractivity contribution in [2.24, 2.45) is 11.8 Å². The second-order valence-electron chi connectivity index (χ2n) is 4.02. The van der Waals surface area contributed by atoms with Gasteiger partial charge in [0.1, 0.15) is 0 Å². The Labute approximate surface area is 79.1 Å². The van der Waals surface area contributed by atoms with Gasteiger partial charge in [0.15, 0.2) is 0 Å². The van der Waals surface area contributed by atoms with E-state index in [0.717, 1.165) is 6.42 Å². The smallest absolute Gasteiger partial charge is 0.328 e. The molecule has 0 rings (SSSR count). The molecule has 0 saturated carbocycles. The Morgan fingerprint density at radius 1 is 1.23 bits per heavy atom. The van der Waals surface area contributed by atoms with Crippen molar-refractivity contribution < 1.29 is 19.5 Å². The SMILES string of the molecule is CC(C)C[C@H](C)[C@@H](O)CP(=O)(O)O. The van der Waals surface area contributed by atoms with Crippen molar-refractivity contribution in [1.82, 2.24) is 0 Å². The monoisotopic (exact) mass is 210 g/mol. The van der Waals surface area contributed by atoms with Crippen LogP contribution in [0.4, 0.5) is 0 Å². The summed E-state index contributed by atoms with van der Waals surface area (Å²) in [6.07, 6.45) is -0.551. The lowest BCUT2D eigenvalue weighted by Crippen LogP contribution is -2.23. The first-order valence-electron chi connectivity index (χ1n) is 4.45. The van der Waals surface area contributed by atoms with Crippen LogP contribution in [0.3, 0.4) is 0 Å². The van der Waals surface area contributed by atoms with Crippen LogP contribution in [0.5, 0.6) is 0 Å². The van der Waals surface area contributed by atoms with Crippen LogP contribution in [0.2, 0.25) is 0 Å². The molecule has 2 atom stereocenters.